The van der Waals surface area contributed by atoms with Crippen LogP contribution in [0.2, 0.25) is 0 Å². The van der Waals surface area contributed by atoms with Gasteiger partial charge in [-0.15, -0.1) is 0 Å². The molecule has 0 aromatic heterocycles. The molecule has 7 nitrogen and oxygen atoms in total. The Morgan fingerprint density at radius 2 is 1.80 bits per heavy atom. The lowest BCUT2D eigenvalue weighted by molar-refractivity contribution is -0.121. The maximum atomic E-state index is 12.6. The lowest BCUT2D eigenvalue weighted by Gasteiger charge is -2.17. The van der Waals surface area contributed by atoms with Crippen molar-refractivity contribution in [2.24, 2.45) is 0 Å². The fourth-order valence-electron chi connectivity index (χ4n) is 2.78. The lowest BCUT2D eigenvalue weighted by atomic mass is 10.2. The van der Waals surface area contributed by atoms with Crippen LogP contribution in [0.3, 0.4) is 0 Å². The van der Waals surface area contributed by atoms with Crippen molar-refractivity contribution in [1.29, 1.82) is 0 Å². The SMILES string of the molecule is CC(=O)c1ccc(S(=O)(=O)N(C)CCCC(=O)NCCOc2cccc(C)c2)cc1. The van der Waals surface area contributed by atoms with E-state index in [1.165, 1.54) is 42.5 Å². The van der Waals surface area contributed by atoms with Crippen molar-refractivity contribution in [1.82, 2.24) is 9.62 Å². The number of amides is 1. The summed E-state index contributed by atoms with van der Waals surface area (Å²) in [7, 11) is -2.19. The lowest BCUT2D eigenvalue weighted by Crippen LogP contribution is -2.31. The van der Waals surface area contributed by atoms with Crippen molar-refractivity contribution in [3.8, 4) is 5.75 Å². The first kappa shape index (κ1) is 23.6. The third-order valence-electron chi connectivity index (χ3n) is 4.53. The number of nitrogens with zero attached hydrogens (tertiary/aromatic N) is 1. The highest BCUT2D eigenvalue weighted by Gasteiger charge is 2.20. The number of nitrogens with one attached hydrogen (secondary N) is 1. The van der Waals surface area contributed by atoms with E-state index in [9.17, 15) is 18.0 Å². The van der Waals surface area contributed by atoms with Gasteiger partial charge in [0.25, 0.3) is 0 Å². The Balaban J connectivity index is 1.71. The summed E-state index contributed by atoms with van der Waals surface area (Å²) in [6.45, 7) is 4.36. The van der Waals surface area contributed by atoms with Crippen LogP contribution in [0, 0.1) is 6.92 Å². The summed E-state index contributed by atoms with van der Waals surface area (Å²) < 4.78 is 32.0. The summed E-state index contributed by atoms with van der Waals surface area (Å²) in [5.41, 5.74) is 1.56. The van der Waals surface area contributed by atoms with Gasteiger partial charge >= 0.3 is 0 Å². The molecule has 0 spiro atoms. The van der Waals surface area contributed by atoms with E-state index in [2.05, 4.69) is 5.32 Å². The number of rotatable bonds is 11. The van der Waals surface area contributed by atoms with Crippen molar-refractivity contribution in [2.45, 2.75) is 31.6 Å². The van der Waals surface area contributed by atoms with Crippen LogP contribution in [0.15, 0.2) is 53.4 Å². The van der Waals surface area contributed by atoms with Gasteiger partial charge in [0.2, 0.25) is 15.9 Å². The van der Waals surface area contributed by atoms with Gasteiger partial charge in [0.15, 0.2) is 5.78 Å². The van der Waals surface area contributed by atoms with Crippen LogP contribution in [0.25, 0.3) is 0 Å². The molecule has 0 aliphatic carbocycles. The molecule has 0 bridgehead atoms. The Hall–Kier alpha value is -2.71. The number of carbonyl (C=O) groups is 2. The van der Waals surface area contributed by atoms with Crippen LogP contribution >= 0.6 is 0 Å². The fraction of sp³-hybridized carbons (Fsp3) is 0.364. The Labute approximate surface area is 178 Å². The molecule has 1 N–H and O–H groups in total. The summed E-state index contributed by atoms with van der Waals surface area (Å²) in [6.07, 6.45) is 0.611. The average Bonchev–Trinajstić information content (AvgIpc) is 2.71. The number of carbonyl (C=O) groups excluding carboxylic acids is 2. The fourth-order valence-corrected chi connectivity index (χ4v) is 3.99. The normalized spacial score (nSPS) is 11.3. The second-order valence-electron chi connectivity index (χ2n) is 7.03. The zero-order valence-electron chi connectivity index (χ0n) is 17.6. The van der Waals surface area contributed by atoms with E-state index >= 15 is 0 Å². The smallest absolute Gasteiger partial charge is 0.242 e. The summed E-state index contributed by atoms with van der Waals surface area (Å²) in [6, 6.07) is 13.5. The van der Waals surface area contributed by atoms with E-state index in [1.807, 2.05) is 31.2 Å². The first-order valence-electron chi connectivity index (χ1n) is 9.73. The molecule has 0 aliphatic rings. The average molecular weight is 433 g/mol. The first-order chi connectivity index (χ1) is 14.2. The maximum absolute atomic E-state index is 12.6. The zero-order chi connectivity index (χ0) is 22.1. The summed E-state index contributed by atoms with van der Waals surface area (Å²) in [5.74, 6) is 0.481. The Morgan fingerprint density at radius 3 is 2.43 bits per heavy atom. The number of hydrogen-bond donors (Lipinski definition) is 1. The standard InChI is InChI=1S/C22H28N2O5S/c1-17-6-4-7-20(16-17)29-15-13-23-22(26)8-5-14-24(3)30(27,28)21-11-9-19(10-12-21)18(2)25/h4,6-7,9-12,16H,5,8,13-15H2,1-3H3,(H,23,26). The second-order valence-corrected chi connectivity index (χ2v) is 9.07. The van der Waals surface area contributed by atoms with E-state index in [0.717, 1.165) is 11.3 Å². The monoisotopic (exact) mass is 432 g/mol. The molecule has 0 unspecified atom stereocenters. The number of Topliss-reactive ketones (excluding diaryl/α,β-unsaturated/α-hetero) is 1. The molecule has 0 saturated heterocycles. The van der Waals surface area contributed by atoms with Crippen molar-refractivity contribution in [2.75, 3.05) is 26.7 Å². The topological polar surface area (TPSA) is 92.8 Å². The Bertz CT molecular complexity index is 971. The Morgan fingerprint density at radius 1 is 1.10 bits per heavy atom. The van der Waals surface area contributed by atoms with Crippen molar-refractivity contribution in [3.05, 3.63) is 59.7 Å². The van der Waals surface area contributed by atoms with Crippen molar-refractivity contribution in [3.63, 3.8) is 0 Å². The minimum atomic E-state index is -3.66. The molecule has 2 rings (SSSR count). The highest BCUT2D eigenvalue weighted by molar-refractivity contribution is 7.89. The van der Waals surface area contributed by atoms with Gasteiger partial charge in [-0.1, -0.05) is 24.3 Å². The molecule has 0 aliphatic heterocycles. The molecule has 1 amide bonds. The van der Waals surface area contributed by atoms with E-state index in [-0.39, 0.29) is 29.6 Å². The van der Waals surface area contributed by atoms with E-state index in [1.54, 1.807) is 0 Å². The van der Waals surface area contributed by atoms with Gasteiger partial charge in [-0.25, -0.2) is 12.7 Å². The summed E-state index contributed by atoms with van der Waals surface area (Å²) >= 11 is 0. The number of aryl methyl sites for hydroxylation is 1. The molecule has 2 aromatic rings. The van der Waals surface area contributed by atoms with Crippen LogP contribution in [-0.4, -0.2) is 51.2 Å². The minimum Gasteiger partial charge on any atom is -0.492 e. The van der Waals surface area contributed by atoms with E-state index in [0.29, 0.717) is 25.1 Å². The quantitative estimate of drug-likeness (QED) is 0.435. The second kappa shape index (κ2) is 10.9. The van der Waals surface area contributed by atoms with Gasteiger partial charge in [0.05, 0.1) is 11.4 Å². The van der Waals surface area contributed by atoms with E-state index < -0.39 is 10.0 Å². The molecule has 162 valence electrons. The predicted octanol–water partition coefficient (Wildman–Crippen LogP) is 2.79. The Kier molecular flexibility index (Phi) is 8.56. The van der Waals surface area contributed by atoms with Gasteiger partial charge in [-0.05, 0) is 50.1 Å². The molecule has 0 atom stereocenters. The van der Waals surface area contributed by atoms with Crippen LogP contribution < -0.4 is 10.1 Å². The molecule has 8 heteroatoms. The van der Waals surface area contributed by atoms with Crippen LogP contribution in [0.4, 0.5) is 0 Å². The minimum absolute atomic E-state index is 0.118. The maximum Gasteiger partial charge on any atom is 0.242 e. The summed E-state index contributed by atoms with van der Waals surface area (Å²) in [4.78, 5) is 23.4. The van der Waals surface area contributed by atoms with E-state index in [4.69, 9.17) is 4.74 Å². The number of sulfonamides is 1. The summed E-state index contributed by atoms with van der Waals surface area (Å²) in [5, 5.41) is 2.76. The van der Waals surface area contributed by atoms with Gasteiger partial charge in [0, 0.05) is 25.6 Å². The van der Waals surface area contributed by atoms with Gasteiger partial charge in [-0.2, -0.15) is 0 Å². The molecule has 30 heavy (non-hydrogen) atoms. The van der Waals surface area contributed by atoms with Crippen LogP contribution in [-0.2, 0) is 14.8 Å². The highest BCUT2D eigenvalue weighted by atomic mass is 32.2. The molecular formula is C22H28N2O5S. The van der Waals surface area contributed by atoms with Gasteiger partial charge in [-0.3, -0.25) is 9.59 Å². The molecule has 0 saturated carbocycles. The third kappa shape index (κ3) is 6.96. The van der Waals surface area contributed by atoms with Gasteiger partial charge < -0.3 is 10.1 Å². The largest absolute Gasteiger partial charge is 0.492 e. The number of ether oxygens (including phenoxy) is 1. The molecule has 0 radical (unpaired) electrons. The number of hydrogen-bond acceptors (Lipinski definition) is 5. The molecule has 2 aromatic carbocycles. The van der Waals surface area contributed by atoms with Crippen molar-refractivity contribution < 1.29 is 22.7 Å². The molecular weight excluding hydrogens is 404 g/mol. The predicted molar refractivity (Wildman–Crippen MR) is 115 cm³/mol. The third-order valence-corrected chi connectivity index (χ3v) is 6.40. The number of benzene rings is 2. The first-order valence-corrected chi connectivity index (χ1v) is 11.2. The number of ketones is 1. The zero-order valence-corrected chi connectivity index (χ0v) is 18.4. The highest BCUT2D eigenvalue weighted by Crippen LogP contribution is 2.16. The van der Waals surface area contributed by atoms with Crippen LogP contribution in [0.5, 0.6) is 5.75 Å². The van der Waals surface area contributed by atoms with Crippen molar-refractivity contribution >= 4 is 21.7 Å². The van der Waals surface area contributed by atoms with Gasteiger partial charge in [0.1, 0.15) is 12.4 Å². The molecule has 0 fully saturated rings. The molecule has 0 heterocycles. The van der Waals surface area contributed by atoms with Crippen LogP contribution in [0.1, 0.15) is 35.7 Å².